The predicted molar refractivity (Wildman–Crippen MR) is 101 cm³/mol. The lowest BCUT2D eigenvalue weighted by Gasteiger charge is -2.19. The molecule has 2 N–H and O–H groups in total. The lowest BCUT2D eigenvalue weighted by Crippen LogP contribution is -2.32. The first-order valence-electron chi connectivity index (χ1n) is 8.53. The average molecular weight is 439 g/mol. The Morgan fingerprint density at radius 1 is 1.07 bits per heavy atom. The highest BCUT2D eigenvalue weighted by atomic mass is 32.2. The van der Waals surface area contributed by atoms with Gasteiger partial charge in [0.05, 0.1) is 17.5 Å². The summed E-state index contributed by atoms with van der Waals surface area (Å²) in [5.41, 5.74) is 0.504. The number of rotatable bonds is 7. The van der Waals surface area contributed by atoms with Crippen molar-refractivity contribution in [3.05, 3.63) is 72.8 Å². The number of anilines is 1. The number of hydrogen-bond donors (Lipinski definition) is 2. The number of carbonyl (C=O) groups is 1. The van der Waals surface area contributed by atoms with Crippen LogP contribution in [0.5, 0.6) is 0 Å². The van der Waals surface area contributed by atoms with Gasteiger partial charge in [-0.1, -0.05) is 30.3 Å². The van der Waals surface area contributed by atoms with E-state index in [2.05, 4.69) is 14.8 Å². The van der Waals surface area contributed by atoms with Gasteiger partial charge in [-0.05, 0) is 29.8 Å². The Morgan fingerprint density at radius 2 is 1.73 bits per heavy atom. The van der Waals surface area contributed by atoms with Crippen molar-refractivity contribution in [3.63, 3.8) is 0 Å². The molecule has 1 unspecified atom stereocenters. The maximum absolute atomic E-state index is 12.8. The number of carbonyl (C=O) groups excluding carboxylic acids is 1. The Morgan fingerprint density at radius 3 is 2.30 bits per heavy atom. The van der Waals surface area contributed by atoms with Crippen molar-refractivity contribution in [1.82, 2.24) is 19.5 Å². The molecule has 1 atom stereocenters. The number of amides is 1. The third kappa shape index (κ3) is 5.42. The van der Waals surface area contributed by atoms with Crippen LogP contribution in [-0.2, 0) is 21.4 Å². The fraction of sp³-hybridized carbons (Fsp3) is 0.167. The second-order valence-corrected chi connectivity index (χ2v) is 7.89. The monoisotopic (exact) mass is 439 g/mol. The zero-order chi connectivity index (χ0) is 21.8. The Bertz CT molecular complexity index is 1090. The molecule has 158 valence electrons. The summed E-state index contributed by atoms with van der Waals surface area (Å²) in [7, 11) is -4.03. The molecule has 0 aliphatic rings. The molecule has 1 amide bonds. The summed E-state index contributed by atoms with van der Waals surface area (Å²) in [5.74, 6) is -2.15. The first-order valence-corrected chi connectivity index (χ1v) is 10.0. The third-order valence-corrected chi connectivity index (χ3v) is 5.50. The minimum Gasteiger partial charge on any atom is -0.318 e. The minimum atomic E-state index is -5.05. The van der Waals surface area contributed by atoms with E-state index in [0.717, 1.165) is 24.3 Å². The third-order valence-electron chi connectivity index (χ3n) is 4.02. The van der Waals surface area contributed by atoms with Gasteiger partial charge in [0, 0.05) is 5.69 Å². The summed E-state index contributed by atoms with van der Waals surface area (Å²) >= 11 is 0. The Balaban J connectivity index is 1.79. The fourth-order valence-electron chi connectivity index (χ4n) is 2.58. The van der Waals surface area contributed by atoms with Crippen LogP contribution in [0, 0.1) is 0 Å². The SMILES string of the molecule is O=C(Nc1ccc(S(=O)(=O)NC(Cn2cncn2)c2ccccc2)cc1)C(F)(F)F. The summed E-state index contributed by atoms with van der Waals surface area (Å²) in [5, 5.41) is 5.64. The van der Waals surface area contributed by atoms with Gasteiger partial charge in [-0.3, -0.25) is 9.48 Å². The van der Waals surface area contributed by atoms with E-state index >= 15 is 0 Å². The summed E-state index contributed by atoms with van der Waals surface area (Å²) < 4.78 is 66.7. The van der Waals surface area contributed by atoms with Gasteiger partial charge in [-0.25, -0.2) is 18.1 Å². The van der Waals surface area contributed by atoms with Gasteiger partial charge in [0.15, 0.2) is 0 Å². The van der Waals surface area contributed by atoms with E-state index in [0.29, 0.717) is 5.56 Å². The van der Waals surface area contributed by atoms with Crippen molar-refractivity contribution in [2.24, 2.45) is 0 Å². The number of nitrogens with one attached hydrogen (secondary N) is 2. The molecule has 0 aliphatic heterocycles. The quantitative estimate of drug-likeness (QED) is 0.589. The lowest BCUT2D eigenvalue weighted by atomic mass is 10.1. The highest BCUT2D eigenvalue weighted by molar-refractivity contribution is 7.89. The maximum atomic E-state index is 12.8. The average Bonchev–Trinajstić information content (AvgIpc) is 3.21. The Kier molecular flexibility index (Phi) is 6.17. The van der Waals surface area contributed by atoms with Crippen molar-refractivity contribution in [2.45, 2.75) is 23.7 Å². The van der Waals surface area contributed by atoms with Gasteiger partial charge in [0.25, 0.3) is 0 Å². The number of nitrogens with zero attached hydrogens (tertiary/aromatic N) is 3. The lowest BCUT2D eigenvalue weighted by molar-refractivity contribution is -0.167. The van der Waals surface area contributed by atoms with Crippen molar-refractivity contribution in [2.75, 3.05) is 5.32 Å². The summed E-state index contributed by atoms with van der Waals surface area (Å²) in [4.78, 5) is 14.6. The van der Waals surface area contributed by atoms with Crippen LogP contribution in [0.3, 0.4) is 0 Å². The van der Waals surface area contributed by atoms with Crippen LogP contribution in [0.4, 0.5) is 18.9 Å². The molecule has 0 fully saturated rings. The highest BCUT2D eigenvalue weighted by Crippen LogP contribution is 2.22. The summed E-state index contributed by atoms with van der Waals surface area (Å²) in [6.45, 7) is 0.170. The molecule has 1 heterocycles. The molecule has 12 heteroatoms. The minimum absolute atomic E-state index is 0.170. The molecule has 0 spiro atoms. The van der Waals surface area contributed by atoms with Crippen LogP contribution in [-0.4, -0.2) is 35.3 Å². The van der Waals surface area contributed by atoms with E-state index in [4.69, 9.17) is 0 Å². The van der Waals surface area contributed by atoms with Gasteiger partial charge in [-0.15, -0.1) is 0 Å². The van der Waals surface area contributed by atoms with E-state index in [1.807, 2.05) is 0 Å². The van der Waals surface area contributed by atoms with Crippen LogP contribution in [0.2, 0.25) is 0 Å². The molecule has 0 radical (unpaired) electrons. The summed E-state index contributed by atoms with van der Waals surface area (Å²) in [6.07, 6.45) is -2.27. The normalized spacial score (nSPS) is 13.0. The molecule has 1 aromatic heterocycles. The van der Waals surface area contributed by atoms with E-state index in [9.17, 15) is 26.4 Å². The predicted octanol–water partition coefficient (Wildman–Crippen LogP) is 2.50. The largest absolute Gasteiger partial charge is 0.471 e. The van der Waals surface area contributed by atoms with Crippen molar-refractivity contribution in [1.29, 1.82) is 0 Å². The van der Waals surface area contributed by atoms with Crippen LogP contribution in [0.1, 0.15) is 11.6 Å². The van der Waals surface area contributed by atoms with E-state index in [-0.39, 0.29) is 17.1 Å². The van der Waals surface area contributed by atoms with Crippen molar-refractivity contribution < 1.29 is 26.4 Å². The van der Waals surface area contributed by atoms with E-state index < -0.39 is 28.1 Å². The van der Waals surface area contributed by atoms with Crippen LogP contribution >= 0.6 is 0 Å². The highest BCUT2D eigenvalue weighted by Gasteiger charge is 2.38. The number of alkyl halides is 3. The van der Waals surface area contributed by atoms with Crippen molar-refractivity contribution in [3.8, 4) is 0 Å². The van der Waals surface area contributed by atoms with Gasteiger partial charge in [0.2, 0.25) is 10.0 Å². The number of aromatic nitrogens is 3. The molecule has 0 bridgehead atoms. The smallest absolute Gasteiger partial charge is 0.318 e. The molecule has 3 aromatic rings. The van der Waals surface area contributed by atoms with Gasteiger partial charge in [0.1, 0.15) is 12.7 Å². The molecule has 3 rings (SSSR count). The number of sulfonamides is 1. The van der Waals surface area contributed by atoms with E-state index in [1.54, 1.807) is 35.6 Å². The number of hydrogen-bond acceptors (Lipinski definition) is 5. The zero-order valence-corrected chi connectivity index (χ0v) is 16.1. The summed E-state index contributed by atoms with van der Waals surface area (Å²) in [6, 6.07) is 12.5. The molecule has 8 nitrogen and oxygen atoms in total. The zero-order valence-electron chi connectivity index (χ0n) is 15.2. The molecular formula is C18H16F3N5O3S. The fourth-order valence-corrected chi connectivity index (χ4v) is 3.80. The van der Waals surface area contributed by atoms with Gasteiger partial charge >= 0.3 is 12.1 Å². The molecule has 30 heavy (non-hydrogen) atoms. The first kappa shape index (κ1) is 21.5. The molecule has 0 saturated heterocycles. The maximum Gasteiger partial charge on any atom is 0.471 e. The second-order valence-electron chi connectivity index (χ2n) is 6.18. The molecular weight excluding hydrogens is 423 g/mol. The molecule has 0 aliphatic carbocycles. The van der Waals surface area contributed by atoms with Crippen molar-refractivity contribution >= 4 is 21.6 Å². The number of benzene rings is 2. The van der Waals surface area contributed by atoms with Crippen LogP contribution in [0.25, 0.3) is 0 Å². The molecule has 2 aromatic carbocycles. The Hall–Kier alpha value is -3.25. The van der Waals surface area contributed by atoms with Crippen LogP contribution < -0.4 is 10.0 Å². The Labute approximate surface area is 169 Å². The molecule has 0 saturated carbocycles. The van der Waals surface area contributed by atoms with Gasteiger partial charge in [-0.2, -0.15) is 18.3 Å². The second kappa shape index (κ2) is 8.63. The number of halogens is 3. The standard InChI is InChI=1S/C18H16F3N5O3S/c19-18(20,21)17(27)24-14-6-8-15(9-7-14)30(28,29)25-16(10-26-12-22-11-23-26)13-4-2-1-3-5-13/h1-9,11-12,16,25H,10H2,(H,24,27). The van der Waals surface area contributed by atoms with Gasteiger partial charge < -0.3 is 5.32 Å². The van der Waals surface area contributed by atoms with Crippen LogP contribution in [0.15, 0.2) is 72.1 Å². The first-order chi connectivity index (χ1) is 14.1. The topological polar surface area (TPSA) is 106 Å². The van der Waals surface area contributed by atoms with E-state index in [1.165, 1.54) is 17.3 Å².